The number of nitrogens with two attached hydrogens (primary N) is 1. The molecular formula is C15H28ClN3O2. The van der Waals surface area contributed by atoms with Crippen molar-refractivity contribution in [3.8, 4) is 0 Å². The summed E-state index contributed by atoms with van der Waals surface area (Å²) in [4.78, 5) is 28.3. The molecule has 2 aliphatic rings. The van der Waals surface area contributed by atoms with Gasteiger partial charge in [-0.15, -0.1) is 12.4 Å². The van der Waals surface area contributed by atoms with Crippen molar-refractivity contribution in [2.24, 2.45) is 11.7 Å². The molecule has 1 saturated carbocycles. The summed E-state index contributed by atoms with van der Waals surface area (Å²) >= 11 is 0. The molecule has 0 bridgehead atoms. The number of rotatable bonds is 2. The lowest BCUT2D eigenvalue weighted by atomic mass is 9.82. The van der Waals surface area contributed by atoms with Crippen LogP contribution in [0.1, 0.15) is 46.0 Å². The number of piperazine rings is 1. The molecule has 1 saturated heterocycles. The van der Waals surface area contributed by atoms with E-state index in [4.69, 9.17) is 5.73 Å². The molecule has 0 radical (unpaired) electrons. The second-order valence-corrected chi connectivity index (χ2v) is 6.74. The summed E-state index contributed by atoms with van der Waals surface area (Å²) < 4.78 is 0. The van der Waals surface area contributed by atoms with Crippen molar-refractivity contribution in [3.05, 3.63) is 0 Å². The first kappa shape index (κ1) is 18.2. The first-order chi connectivity index (χ1) is 9.34. The monoisotopic (exact) mass is 317 g/mol. The zero-order valence-electron chi connectivity index (χ0n) is 13.3. The fraction of sp³-hybridized carbons (Fsp3) is 0.867. The quantitative estimate of drug-likeness (QED) is 0.837. The smallest absolute Gasteiger partial charge is 0.247 e. The Labute approximate surface area is 133 Å². The van der Waals surface area contributed by atoms with Crippen molar-refractivity contribution in [2.45, 2.75) is 57.5 Å². The van der Waals surface area contributed by atoms with E-state index >= 15 is 0 Å². The maximum absolute atomic E-state index is 12.6. The van der Waals surface area contributed by atoms with Crippen molar-refractivity contribution < 1.29 is 9.59 Å². The lowest BCUT2D eigenvalue weighted by Crippen LogP contribution is -2.63. The van der Waals surface area contributed by atoms with Crippen molar-refractivity contribution >= 4 is 24.2 Å². The Morgan fingerprint density at radius 1 is 1.29 bits per heavy atom. The zero-order chi connectivity index (χ0) is 14.9. The molecule has 21 heavy (non-hydrogen) atoms. The Hall–Kier alpha value is -0.810. The van der Waals surface area contributed by atoms with Gasteiger partial charge in [-0.3, -0.25) is 9.59 Å². The Morgan fingerprint density at radius 3 is 2.52 bits per heavy atom. The van der Waals surface area contributed by atoms with Crippen LogP contribution in [0.2, 0.25) is 0 Å². The van der Waals surface area contributed by atoms with Gasteiger partial charge in [-0.2, -0.15) is 0 Å². The van der Waals surface area contributed by atoms with Gasteiger partial charge in [-0.1, -0.05) is 12.8 Å². The maximum atomic E-state index is 12.6. The molecule has 2 N–H and O–H groups in total. The molecule has 2 rings (SSSR count). The van der Waals surface area contributed by atoms with E-state index in [2.05, 4.69) is 0 Å². The molecular weight excluding hydrogens is 290 g/mol. The minimum Gasteiger partial charge on any atom is -0.342 e. The van der Waals surface area contributed by atoms with Gasteiger partial charge in [0.25, 0.3) is 0 Å². The molecule has 0 aromatic rings. The topological polar surface area (TPSA) is 66.6 Å². The Morgan fingerprint density at radius 2 is 1.90 bits per heavy atom. The maximum Gasteiger partial charge on any atom is 0.247 e. The molecule has 2 atom stereocenters. The van der Waals surface area contributed by atoms with Crippen LogP contribution >= 0.6 is 12.4 Å². The van der Waals surface area contributed by atoms with Crippen LogP contribution in [-0.4, -0.2) is 53.3 Å². The SMILES string of the molecule is CN1CCN(C(=O)CC2CCCCC2N)C(C)(C)C1=O.Cl. The Balaban J connectivity index is 0.00000220. The van der Waals surface area contributed by atoms with Crippen LogP contribution in [0.5, 0.6) is 0 Å². The van der Waals surface area contributed by atoms with Crippen LogP contribution in [0.15, 0.2) is 0 Å². The van der Waals surface area contributed by atoms with Gasteiger partial charge >= 0.3 is 0 Å². The Bertz CT molecular complexity index is 400. The average molecular weight is 318 g/mol. The number of halogens is 1. The highest BCUT2D eigenvalue weighted by atomic mass is 35.5. The molecule has 0 spiro atoms. The highest BCUT2D eigenvalue weighted by molar-refractivity contribution is 5.91. The second kappa shape index (κ2) is 6.97. The minimum atomic E-state index is -0.733. The molecule has 2 fully saturated rings. The minimum absolute atomic E-state index is 0. The number of likely N-dealkylation sites (N-methyl/N-ethyl adjacent to an activating group) is 1. The first-order valence-electron chi connectivity index (χ1n) is 7.65. The van der Waals surface area contributed by atoms with Gasteiger partial charge < -0.3 is 15.5 Å². The van der Waals surface area contributed by atoms with Crippen LogP contribution in [0.3, 0.4) is 0 Å². The predicted molar refractivity (Wildman–Crippen MR) is 85.2 cm³/mol. The van der Waals surface area contributed by atoms with Crippen LogP contribution in [-0.2, 0) is 9.59 Å². The highest BCUT2D eigenvalue weighted by Crippen LogP contribution is 2.29. The largest absolute Gasteiger partial charge is 0.342 e. The number of carbonyl (C=O) groups is 2. The van der Waals surface area contributed by atoms with Gasteiger partial charge in [0, 0.05) is 32.6 Å². The van der Waals surface area contributed by atoms with Crippen LogP contribution in [0.25, 0.3) is 0 Å². The van der Waals surface area contributed by atoms with Crippen LogP contribution < -0.4 is 5.73 Å². The lowest BCUT2D eigenvalue weighted by Gasteiger charge is -2.45. The third-order valence-electron chi connectivity index (χ3n) is 4.91. The Kier molecular flexibility index (Phi) is 6.05. The van der Waals surface area contributed by atoms with Gasteiger partial charge in [0.1, 0.15) is 5.54 Å². The van der Waals surface area contributed by atoms with E-state index in [0.29, 0.717) is 19.5 Å². The van der Waals surface area contributed by atoms with Crippen molar-refractivity contribution in [2.75, 3.05) is 20.1 Å². The van der Waals surface area contributed by atoms with E-state index in [9.17, 15) is 9.59 Å². The van der Waals surface area contributed by atoms with E-state index < -0.39 is 5.54 Å². The summed E-state index contributed by atoms with van der Waals surface area (Å²) in [5.41, 5.74) is 5.39. The number of hydrogen-bond acceptors (Lipinski definition) is 3. The number of carbonyl (C=O) groups excluding carboxylic acids is 2. The molecule has 5 nitrogen and oxygen atoms in total. The number of hydrogen-bond donors (Lipinski definition) is 1. The van der Waals surface area contributed by atoms with E-state index in [1.807, 2.05) is 13.8 Å². The summed E-state index contributed by atoms with van der Waals surface area (Å²) in [6, 6.07) is 0.138. The third-order valence-corrected chi connectivity index (χ3v) is 4.91. The lowest BCUT2D eigenvalue weighted by molar-refractivity contribution is -0.157. The highest BCUT2D eigenvalue weighted by Gasteiger charge is 2.43. The fourth-order valence-corrected chi connectivity index (χ4v) is 3.47. The number of nitrogens with zero attached hydrogens (tertiary/aromatic N) is 2. The summed E-state index contributed by atoms with van der Waals surface area (Å²) in [7, 11) is 1.79. The summed E-state index contributed by atoms with van der Waals surface area (Å²) in [6.07, 6.45) is 4.88. The summed E-state index contributed by atoms with van der Waals surface area (Å²) in [5, 5.41) is 0. The third kappa shape index (κ3) is 3.69. The first-order valence-corrected chi connectivity index (χ1v) is 7.65. The standard InChI is InChI=1S/C15H27N3O2.ClH/c1-15(2)14(20)17(3)8-9-18(15)13(19)10-11-6-4-5-7-12(11)16;/h11-12H,4-10,16H2,1-3H3;1H. The van der Waals surface area contributed by atoms with Crippen LogP contribution in [0, 0.1) is 5.92 Å². The molecule has 1 heterocycles. The zero-order valence-corrected chi connectivity index (χ0v) is 14.1. The van der Waals surface area contributed by atoms with Crippen molar-refractivity contribution in [1.29, 1.82) is 0 Å². The van der Waals surface area contributed by atoms with E-state index in [-0.39, 0.29) is 36.2 Å². The van der Waals surface area contributed by atoms with E-state index in [0.717, 1.165) is 19.3 Å². The molecule has 122 valence electrons. The summed E-state index contributed by atoms with van der Waals surface area (Å²) in [6.45, 7) is 4.91. The van der Waals surface area contributed by atoms with Crippen molar-refractivity contribution in [3.63, 3.8) is 0 Å². The molecule has 2 amide bonds. The van der Waals surface area contributed by atoms with Crippen LogP contribution in [0.4, 0.5) is 0 Å². The molecule has 1 aliphatic carbocycles. The van der Waals surface area contributed by atoms with Gasteiger partial charge in [-0.25, -0.2) is 0 Å². The molecule has 0 aromatic heterocycles. The average Bonchev–Trinajstić information content (AvgIpc) is 2.38. The summed E-state index contributed by atoms with van der Waals surface area (Å²) in [5.74, 6) is 0.380. The second-order valence-electron chi connectivity index (χ2n) is 6.74. The van der Waals surface area contributed by atoms with Gasteiger partial charge in [0.05, 0.1) is 0 Å². The number of amides is 2. The molecule has 2 unspecified atom stereocenters. The van der Waals surface area contributed by atoms with Gasteiger partial charge in [-0.05, 0) is 32.6 Å². The fourth-order valence-electron chi connectivity index (χ4n) is 3.47. The molecule has 0 aromatic carbocycles. The predicted octanol–water partition coefficient (Wildman–Crippen LogP) is 1.39. The van der Waals surface area contributed by atoms with Gasteiger partial charge in [0.15, 0.2) is 0 Å². The molecule has 1 aliphatic heterocycles. The molecule has 6 heteroatoms. The normalized spacial score (nSPS) is 29.0. The van der Waals surface area contributed by atoms with E-state index in [1.165, 1.54) is 6.42 Å². The van der Waals surface area contributed by atoms with E-state index in [1.54, 1.807) is 16.8 Å². The van der Waals surface area contributed by atoms with Crippen molar-refractivity contribution in [1.82, 2.24) is 9.80 Å². The van der Waals surface area contributed by atoms with Gasteiger partial charge in [0.2, 0.25) is 11.8 Å².